The second-order valence-corrected chi connectivity index (χ2v) is 3.50. The van der Waals surface area contributed by atoms with E-state index in [0.29, 0.717) is 5.75 Å². The van der Waals surface area contributed by atoms with Crippen LogP contribution in [0.4, 0.5) is 0 Å². The van der Waals surface area contributed by atoms with Crippen LogP contribution in [0.3, 0.4) is 0 Å². The lowest BCUT2D eigenvalue weighted by molar-refractivity contribution is 0.274. The van der Waals surface area contributed by atoms with Gasteiger partial charge in [-0.1, -0.05) is 6.07 Å². The summed E-state index contributed by atoms with van der Waals surface area (Å²) >= 11 is 0. The summed E-state index contributed by atoms with van der Waals surface area (Å²) in [6, 6.07) is 5.68. The zero-order chi connectivity index (χ0) is 11.5. The van der Waals surface area contributed by atoms with Crippen LogP contribution < -0.4 is 4.74 Å². The van der Waals surface area contributed by atoms with E-state index in [9.17, 15) is 0 Å². The zero-order valence-electron chi connectivity index (χ0n) is 9.34. The summed E-state index contributed by atoms with van der Waals surface area (Å²) in [6.45, 7) is 1.92. The van der Waals surface area contributed by atoms with Crippen molar-refractivity contribution in [2.45, 2.75) is 13.5 Å². The molecule has 2 aromatic rings. The van der Waals surface area contributed by atoms with Crippen LogP contribution in [0.5, 0.6) is 5.75 Å². The number of aliphatic hydroxyl groups excluding tert-OH is 1. The van der Waals surface area contributed by atoms with Crippen LogP contribution in [0.15, 0.2) is 30.6 Å². The van der Waals surface area contributed by atoms with Crippen LogP contribution >= 0.6 is 0 Å². The third-order valence-corrected chi connectivity index (χ3v) is 2.54. The number of hydrogen-bond acceptors (Lipinski definition) is 3. The van der Waals surface area contributed by atoms with Crippen LogP contribution in [-0.4, -0.2) is 21.8 Å². The number of hydrogen-bond donors (Lipinski definition) is 1. The van der Waals surface area contributed by atoms with E-state index in [0.717, 1.165) is 17.1 Å². The van der Waals surface area contributed by atoms with Crippen molar-refractivity contribution >= 4 is 0 Å². The summed E-state index contributed by atoms with van der Waals surface area (Å²) in [6.07, 6.45) is 3.64. The first kappa shape index (κ1) is 10.7. The van der Waals surface area contributed by atoms with Crippen molar-refractivity contribution in [2.75, 3.05) is 7.11 Å². The number of aliphatic hydroxyl groups is 1. The lowest BCUT2D eigenvalue weighted by Crippen LogP contribution is -1.98. The van der Waals surface area contributed by atoms with Crippen molar-refractivity contribution in [3.05, 3.63) is 42.0 Å². The van der Waals surface area contributed by atoms with Gasteiger partial charge in [0.05, 0.1) is 19.4 Å². The molecule has 0 radical (unpaired) electrons. The van der Waals surface area contributed by atoms with Crippen molar-refractivity contribution < 1.29 is 9.84 Å². The molecule has 0 unspecified atom stereocenters. The van der Waals surface area contributed by atoms with Gasteiger partial charge in [-0.05, 0) is 13.0 Å². The van der Waals surface area contributed by atoms with E-state index in [2.05, 4.69) is 4.98 Å². The van der Waals surface area contributed by atoms with Crippen LogP contribution in [0.25, 0.3) is 5.69 Å². The highest BCUT2D eigenvalue weighted by atomic mass is 16.5. The number of aromatic nitrogens is 2. The molecule has 1 heterocycles. The molecule has 0 spiro atoms. The number of rotatable bonds is 3. The maximum absolute atomic E-state index is 9.13. The predicted octanol–water partition coefficient (Wildman–Crippen LogP) is 1.68. The van der Waals surface area contributed by atoms with Crippen LogP contribution in [-0.2, 0) is 6.61 Å². The Morgan fingerprint density at radius 1 is 1.44 bits per heavy atom. The molecule has 1 N–H and O–H groups in total. The average Bonchev–Trinajstić information content (AvgIpc) is 2.74. The van der Waals surface area contributed by atoms with Crippen LogP contribution in [0.2, 0.25) is 0 Å². The second-order valence-electron chi connectivity index (χ2n) is 3.50. The first-order valence-corrected chi connectivity index (χ1v) is 5.04. The van der Waals surface area contributed by atoms with Gasteiger partial charge in [0.1, 0.15) is 11.6 Å². The minimum Gasteiger partial charge on any atom is -0.496 e. The van der Waals surface area contributed by atoms with Gasteiger partial charge in [-0.25, -0.2) is 4.98 Å². The van der Waals surface area contributed by atoms with Crippen molar-refractivity contribution in [1.82, 2.24) is 9.55 Å². The molecule has 0 bridgehead atoms. The fourth-order valence-corrected chi connectivity index (χ4v) is 1.66. The Morgan fingerprint density at radius 2 is 2.25 bits per heavy atom. The Balaban J connectivity index is 2.48. The summed E-state index contributed by atoms with van der Waals surface area (Å²) in [7, 11) is 1.60. The van der Waals surface area contributed by atoms with Gasteiger partial charge in [0.15, 0.2) is 0 Å². The topological polar surface area (TPSA) is 47.3 Å². The minimum atomic E-state index is -0.0215. The fourth-order valence-electron chi connectivity index (χ4n) is 1.66. The minimum absolute atomic E-state index is 0.0215. The Labute approximate surface area is 94.1 Å². The summed E-state index contributed by atoms with van der Waals surface area (Å²) < 4.78 is 7.18. The summed E-state index contributed by atoms with van der Waals surface area (Å²) in [5, 5.41) is 9.13. The van der Waals surface area contributed by atoms with Crippen LogP contribution in [0.1, 0.15) is 11.4 Å². The Kier molecular flexibility index (Phi) is 2.92. The van der Waals surface area contributed by atoms with Crippen molar-refractivity contribution in [3.8, 4) is 11.4 Å². The normalized spacial score (nSPS) is 10.4. The third kappa shape index (κ3) is 1.79. The molecule has 1 aromatic carbocycles. The van der Waals surface area contributed by atoms with E-state index in [1.165, 1.54) is 0 Å². The van der Waals surface area contributed by atoms with Gasteiger partial charge in [-0.15, -0.1) is 0 Å². The molecule has 1 aromatic heterocycles. The fraction of sp³-hybridized carbons (Fsp3) is 0.250. The van der Waals surface area contributed by atoms with Crippen molar-refractivity contribution in [3.63, 3.8) is 0 Å². The average molecular weight is 218 g/mol. The van der Waals surface area contributed by atoms with Gasteiger partial charge in [0.2, 0.25) is 0 Å². The molecular weight excluding hydrogens is 204 g/mol. The molecule has 2 rings (SSSR count). The lowest BCUT2D eigenvalue weighted by Gasteiger charge is -2.10. The molecule has 84 valence electrons. The predicted molar refractivity (Wildman–Crippen MR) is 60.8 cm³/mol. The monoisotopic (exact) mass is 218 g/mol. The van der Waals surface area contributed by atoms with Crippen molar-refractivity contribution in [1.29, 1.82) is 0 Å². The quantitative estimate of drug-likeness (QED) is 0.852. The van der Waals surface area contributed by atoms with Gasteiger partial charge in [0.25, 0.3) is 0 Å². The molecular formula is C12H14N2O2. The number of imidazole rings is 1. The van der Waals surface area contributed by atoms with E-state index in [4.69, 9.17) is 9.84 Å². The van der Waals surface area contributed by atoms with Gasteiger partial charge < -0.3 is 14.4 Å². The highest BCUT2D eigenvalue weighted by Gasteiger charge is 2.06. The number of methoxy groups -OCH3 is 1. The van der Waals surface area contributed by atoms with E-state index in [1.807, 2.05) is 35.9 Å². The molecule has 0 saturated heterocycles. The first-order valence-electron chi connectivity index (χ1n) is 5.04. The van der Waals surface area contributed by atoms with E-state index in [-0.39, 0.29) is 6.61 Å². The van der Waals surface area contributed by atoms with Crippen LogP contribution in [0, 0.1) is 6.92 Å². The number of ether oxygens (including phenoxy) is 1. The molecule has 0 saturated carbocycles. The first-order chi connectivity index (χ1) is 7.76. The van der Waals surface area contributed by atoms with E-state index >= 15 is 0 Å². The van der Waals surface area contributed by atoms with E-state index in [1.54, 1.807) is 13.3 Å². The molecule has 0 aliphatic rings. The molecule has 0 atom stereocenters. The molecule has 0 aliphatic heterocycles. The largest absolute Gasteiger partial charge is 0.496 e. The molecule has 4 heteroatoms. The Bertz CT molecular complexity index is 492. The molecule has 16 heavy (non-hydrogen) atoms. The van der Waals surface area contributed by atoms with E-state index < -0.39 is 0 Å². The SMILES string of the molecule is COc1cc(-n2ccnc2C)ccc1CO. The standard InChI is InChI=1S/C12H14N2O2/c1-9-13-5-6-14(9)11-4-3-10(8-15)12(7-11)16-2/h3-7,15H,8H2,1-2H3. The van der Waals surface area contributed by atoms with Gasteiger partial charge in [0, 0.05) is 24.0 Å². The van der Waals surface area contributed by atoms with Crippen molar-refractivity contribution in [2.24, 2.45) is 0 Å². The zero-order valence-corrected chi connectivity index (χ0v) is 9.34. The molecule has 0 fully saturated rings. The van der Waals surface area contributed by atoms with Gasteiger partial charge in [-0.3, -0.25) is 0 Å². The maximum Gasteiger partial charge on any atom is 0.126 e. The molecule has 0 amide bonds. The second kappa shape index (κ2) is 4.37. The maximum atomic E-state index is 9.13. The Morgan fingerprint density at radius 3 is 2.81 bits per heavy atom. The smallest absolute Gasteiger partial charge is 0.126 e. The summed E-state index contributed by atoms with van der Waals surface area (Å²) in [5.74, 6) is 1.60. The summed E-state index contributed by atoms with van der Waals surface area (Å²) in [5.41, 5.74) is 1.76. The lowest BCUT2D eigenvalue weighted by atomic mass is 10.2. The Hall–Kier alpha value is -1.81. The molecule has 0 aliphatic carbocycles. The highest BCUT2D eigenvalue weighted by Crippen LogP contribution is 2.22. The number of benzene rings is 1. The highest BCUT2D eigenvalue weighted by molar-refractivity contribution is 5.45. The summed E-state index contributed by atoms with van der Waals surface area (Å²) in [4.78, 5) is 4.16. The number of aryl methyl sites for hydroxylation is 1. The van der Waals surface area contributed by atoms with Gasteiger partial charge in [-0.2, -0.15) is 0 Å². The third-order valence-electron chi connectivity index (χ3n) is 2.54. The van der Waals surface area contributed by atoms with Gasteiger partial charge >= 0.3 is 0 Å². The number of nitrogens with zero attached hydrogens (tertiary/aromatic N) is 2. The molecule has 4 nitrogen and oxygen atoms in total.